The molecule has 0 aliphatic carbocycles. The van der Waals surface area contributed by atoms with Crippen molar-refractivity contribution in [3.05, 3.63) is 194 Å². The van der Waals surface area contributed by atoms with Crippen LogP contribution in [0.1, 0.15) is 39.1 Å². The number of rotatable bonds is 26. The fraction of sp³-hybridized carbons (Fsp3) is 0.380. The molecule has 0 spiro atoms. The molecule has 7 N–H and O–H groups in total. The van der Waals surface area contributed by atoms with Gasteiger partial charge in [0.1, 0.15) is 30.4 Å². The molecule has 0 atom stereocenters. The Labute approximate surface area is 660 Å². The van der Waals surface area contributed by atoms with Gasteiger partial charge < -0.3 is 50.3 Å². The number of benzene rings is 6. The van der Waals surface area contributed by atoms with Crippen molar-refractivity contribution in [2.24, 2.45) is 5.73 Å². The van der Waals surface area contributed by atoms with E-state index in [1.54, 1.807) is 36.4 Å². The molecule has 612 valence electrons. The molecule has 0 amide bonds. The molecule has 0 unspecified atom stereocenters. The normalized spacial score (nSPS) is 12.7. The summed E-state index contributed by atoms with van der Waals surface area (Å²) in [5, 5.41) is 20.5. The third kappa shape index (κ3) is 29.5. The molecule has 6 aromatic carbocycles. The van der Waals surface area contributed by atoms with Crippen LogP contribution in [-0.4, -0.2) is 230 Å². The first-order valence-electron chi connectivity index (χ1n) is 34.3. The second-order valence-corrected chi connectivity index (χ2v) is 34.4. The first kappa shape index (κ1) is 93.7. The summed E-state index contributed by atoms with van der Waals surface area (Å²) in [6.07, 6.45) is 2.29. The molecule has 8 aromatic rings. The van der Waals surface area contributed by atoms with E-state index < -0.39 is 72.2 Å². The summed E-state index contributed by atoms with van der Waals surface area (Å²) in [5.74, 6) is -1.78. The van der Waals surface area contributed by atoms with E-state index in [2.05, 4.69) is 39.0 Å². The number of sulfonamides is 3. The van der Waals surface area contributed by atoms with Gasteiger partial charge in [0, 0.05) is 123 Å². The van der Waals surface area contributed by atoms with E-state index in [4.69, 9.17) is 43.2 Å². The molecule has 2 aliphatic rings. The summed E-state index contributed by atoms with van der Waals surface area (Å²) in [6.45, 7) is 14.6. The van der Waals surface area contributed by atoms with Crippen LogP contribution in [0.15, 0.2) is 153 Å². The summed E-state index contributed by atoms with van der Waals surface area (Å²) in [4.78, 5) is 47.3. The van der Waals surface area contributed by atoms with E-state index in [1.807, 2.05) is 109 Å². The number of hydrogen-bond acceptors (Lipinski definition) is 26. The fourth-order valence-corrected chi connectivity index (χ4v) is 14.0. The molecule has 112 heavy (non-hydrogen) atoms. The number of hydrogen-bond donors (Lipinski definition) is 5. The van der Waals surface area contributed by atoms with E-state index in [0.29, 0.717) is 93.0 Å². The minimum Gasteiger partial charge on any atom is -0.486 e. The third-order valence-corrected chi connectivity index (χ3v) is 21.7. The SMILES string of the molecule is CC(C)N1CCOc2c(F)cc(-c3nc(Cc4ccc(S(=O)(=O)NCCN(C)C)cc4)ncc3F)cc21.CC(C)N1CCOc2c(F)cc(-c3nc(Cl)ncc3F)cc21.CN(C)CCN.CN(C)CCNS(=O)(=O)c1ccc(N)cc1.CN(C)CCNS(=O)(=O)c1ccc([N+](=O)[O-])cc1.O=[N+]([O-])c1ccc(S(=O)(=O)Cl)cc1. The molecule has 4 heterocycles. The predicted molar refractivity (Wildman–Crippen MR) is 424 cm³/mol. The van der Waals surface area contributed by atoms with Crippen LogP contribution < -0.4 is 44.9 Å². The van der Waals surface area contributed by atoms with E-state index in [-0.39, 0.29) is 84.2 Å². The van der Waals surface area contributed by atoms with Crippen LogP contribution in [-0.2, 0) is 45.5 Å². The summed E-state index contributed by atoms with van der Waals surface area (Å²) in [6, 6.07) is 27.6. The van der Waals surface area contributed by atoms with Crippen molar-refractivity contribution in [1.82, 2.24) is 53.7 Å². The molecule has 0 radical (unpaired) electrons. The minimum atomic E-state index is -3.80. The Hall–Kier alpha value is -8.94. The lowest BCUT2D eigenvalue weighted by Crippen LogP contribution is -2.38. The lowest BCUT2D eigenvalue weighted by molar-refractivity contribution is -0.385. The number of fused-ring (bicyclic) bond motifs is 2. The number of ether oxygens (including phenoxy) is 2. The maximum atomic E-state index is 14.9. The second-order valence-electron chi connectivity index (χ2n) is 26.2. The van der Waals surface area contributed by atoms with Crippen molar-refractivity contribution < 1.29 is 70.6 Å². The van der Waals surface area contributed by atoms with E-state index in [0.717, 1.165) is 55.3 Å². The number of nitrogens with one attached hydrogen (secondary N) is 3. The summed E-state index contributed by atoms with van der Waals surface area (Å²) in [7, 11) is 5.75. The number of likely N-dealkylation sites (N-methyl/N-ethyl adjacent to an activating group) is 4. The highest BCUT2D eigenvalue weighted by molar-refractivity contribution is 8.13. The van der Waals surface area contributed by atoms with Crippen molar-refractivity contribution in [3.8, 4) is 34.0 Å². The Morgan fingerprint density at radius 3 is 1.21 bits per heavy atom. The molecule has 41 heteroatoms. The molecule has 0 saturated carbocycles. The summed E-state index contributed by atoms with van der Waals surface area (Å²) >= 11 is 5.71. The highest BCUT2D eigenvalue weighted by Crippen LogP contribution is 2.41. The number of non-ortho nitro benzene ring substituents is 2. The van der Waals surface area contributed by atoms with Crippen LogP contribution in [0.4, 0.5) is 46.0 Å². The van der Waals surface area contributed by atoms with E-state index in [9.17, 15) is 71.5 Å². The highest BCUT2D eigenvalue weighted by atomic mass is 35.7. The van der Waals surface area contributed by atoms with Gasteiger partial charge >= 0.3 is 0 Å². The predicted octanol–water partition coefficient (Wildman–Crippen LogP) is 8.71. The van der Waals surface area contributed by atoms with Gasteiger partial charge in [0.25, 0.3) is 20.4 Å². The summed E-state index contributed by atoms with van der Waals surface area (Å²) in [5.41, 5.74) is 13.4. The Bertz CT molecular complexity index is 4910. The van der Waals surface area contributed by atoms with Crippen LogP contribution >= 0.6 is 22.3 Å². The first-order valence-corrected chi connectivity index (χ1v) is 41.4. The Kier molecular flexibility index (Phi) is 36.3. The number of anilines is 3. The Morgan fingerprint density at radius 2 is 0.866 bits per heavy atom. The van der Waals surface area contributed by atoms with Crippen LogP contribution in [0.5, 0.6) is 11.5 Å². The van der Waals surface area contributed by atoms with Crippen molar-refractivity contribution in [3.63, 3.8) is 0 Å². The molecule has 2 aromatic heterocycles. The zero-order valence-electron chi connectivity index (χ0n) is 63.7. The van der Waals surface area contributed by atoms with Gasteiger partial charge in [0.15, 0.2) is 34.8 Å². The summed E-state index contributed by atoms with van der Waals surface area (Å²) < 4.78 is 170. The second kappa shape index (κ2) is 43.4. The topological polar surface area (TPSA) is 400 Å². The lowest BCUT2D eigenvalue weighted by atomic mass is 10.1. The first-order chi connectivity index (χ1) is 52.4. The van der Waals surface area contributed by atoms with E-state index in [1.165, 1.54) is 60.7 Å². The maximum Gasteiger partial charge on any atom is 0.269 e. The molecule has 10 rings (SSSR count). The molecule has 0 saturated heterocycles. The minimum absolute atomic E-state index is 0.00901. The zero-order valence-corrected chi connectivity index (χ0v) is 68.5. The van der Waals surface area contributed by atoms with Gasteiger partial charge in [0.2, 0.25) is 35.4 Å². The standard InChI is InChI=1S/C26H31F2N5O3S.C15H14ClF2N3O.C10H15N3O4S.C10H17N3O2S.C6H4ClNO4S.C4H12N2/c1-17(2)33-11-12-36-26-21(27)14-19(15-23(26)33)25-22(28)16-29-24(31-25)13-18-5-7-20(8-6-18)37(34,35)30-9-10-32(3)4;1-8(2)21-3-4-22-14-10(17)5-9(6-12(14)21)13-11(18)7-19-15(16)20-13;1-12(2)8-7-11-18(16,17)10-5-3-9(4-6-10)13(14)15;1-13(2)8-7-12-16(14,15)10-5-3-9(11)4-6-10;7-13(11,12)6-3-1-5(2-4-6)8(9)10;1-6(2)4-3-5/h5-8,14-17,30H,9-13H2,1-4H3;5-8H,3-4H2,1-2H3;3-6,11H,7-8H2,1-2H3;3-6,12H,7-8,11H2,1-2H3;1-4H;3-5H2,1-2H3. The highest BCUT2D eigenvalue weighted by Gasteiger charge is 2.29. The molecular formula is C71H93Cl2F4N17O14S4. The molecule has 31 nitrogen and oxygen atoms in total. The van der Waals surface area contributed by atoms with Gasteiger partial charge in [-0.25, -0.2) is 85.3 Å². The molecule has 2 aliphatic heterocycles. The molecule has 0 fully saturated rings. The number of aromatic nitrogens is 4. The average Bonchev–Trinajstić information content (AvgIpc) is 0.777. The number of halogens is 6. The Morgan fingerprint density at radius 1 is 0.518 bits per heavy atom. The molecular weight excluding hydrogens is 1590 g/mol. The van der Waals surface area contributed by atoms with Gasteiger partial charge in [-0.05, 0) is 186 Å². The van der Waals surface area contributed by atoms with Gasteiger partial charge in [-0.2, -0.15) is 0 Å². The zero-order chi connectivity index (χ0) is 83.6. The van der Waals surface area contributed by atoms with Gasteiger partial charge in [0.05, 0.1) is 66.3 Å². The number of nitrogen functional groups attached to an aromatic ring is 1. The van der Waals surface area contributed by atoms with Gasteiger partial charge in [-0.3, -0.25) is 20.2 Å². The van der Waals surface area contributed by atoms with Crippen molar-refractivity contribution in [2.45, 2.75) is 65.8 Å². The monoisotopic (exact) mass is 1680 g/mol. The van der Waals surface area contributed by atoms with Gasteiger partial charge in [-0.1, -0.05) is 12.1 Å². The van der Waals surface area contributed by atoms with Crippen LogP contribution in [0, 0.1) is 43.5 Å². The van der Waals surface area contributed by atoms with Crippen LogP contribution in [0.3, 0.4) is 0 Å². The maximum absolute atomic E-state index is 14.9. The molecule has 0 bridgehead atoms. The fourth-order valence-electron chi connectivity index (χ4n) is 10.0. The number of nitrogens with zero attached hydrogens (tertiary/aromatic N) is 12. The third-order valence-electron chi connectivity index (χ3n) is 15.7. The van der Waals surface area contributed by atoms with Gasteiger partial charge in [-0.15, -0.1) is 0 Å². The van der Waals surface area contributed by atoms with Crippen LogP contribution in [0.2, 0.25) is 5.28 Å². The largest absolute Gasteiger partial charge is 0.486 e. The number of nitrogens with two attached hydrogens (primary N) is 2. The number of nitro groups is 2. The number of nitro benzene ring substituents is 2. The Balaban J connectivity index is 0.000000258. The average molecular weight is 1680 g/mol. The van der Waals surface area contributed by atoms with Crippen LogP contribution in [0.25, 0.3) is 22.5 Å². The smallest absolute Gasteiger partial charge is 0.269 e. The van der Waals surface area contributed by atoms with E-state index >= 15 is 0 Å². The lowest BCUT2D eigenvalue weighted by Gasteiger charge is -2.34. The quantitative estimate of drug-likeness (QED) is 0.00844. The van der Waals surface area contributed by atoms with Crippen molar-refractivity contribution in [2.75, 3.05) is 151 Å². The van der Waals surface area contributed by atoms with Crippen molar-refractivity contribution in [1.29, 1.82) is 0 Å². The van der Waals surface area contributed by atoms with Crippen molar-refractivity contribution >= 4 is 89.8 Å².